The van der Waals surface area contributed by atoms with Gasteiger partial charge in [0.2, 0.25) is 0 Å². The van der Waals surface area contributed by atoms with Crippen LogP contribution in [-0.2, 0) is 6.18 Å². The van der Waals surface area contributed by atoms with E-state index in [1.807, 2.05) is 0 Å². The molecule has 20 heavy (non-hydrogen) atoms. The molecule has 1 aromatic rings. The molecule has 7 heteroatoms. The topological polar surface area (TPSA) is 41.0 Å². The van der Waals surface area contributed by atoms with Crippen molar-refractivity contribution < 1.29 is 13.2 Å². The van der Waals surface area contributed by atoms with Gasteiger partial charge in [-0.3, -0.25) is 4.90 Å². The number of nitrogens with one attached hydrogen (secondary N) is 1. The fourth-order valence-electron chi connectivity index (χ4n) is 2.00. The first-order valence-corrected chi connectivity index (χ1v) is 6.62. The van der Waals surface area contributed by atoms with Crippen molar-refractivity contribution in [2.75, 3.05) is 18.4 Å². The summed E-state index contributed by atoms with van der Waals surface area (Å²) < 4.78 is 37.0. The molecule has 0 bridgehead atoms. The van der Waals surface area contributed by atoms with Gasteiger partial charge in [0.05, 0.1) is 0 Å². The normalized spacial score (nSPS) is 12.5. The molecule has 0 aliphatic rings. The van der Waals surface area contributed by atoms with Crippen molar-refractivity contribution in [2.45, 2.75) is 46.0 Å². The Morgan fingerprint density at radius 1 is 1.10 bits per heavy atom. The lowest BCUT2D eigenvalue weighted by atomic mass is 10.2. The summed E-state index contributed by atoms with van der Waals surface area (Å²) in [5, 5.41) is 9.68. The Bertz CT molecular complexity index is 393. The molecule has 1 rings (SSSR count). The molecule has 114 valence electrons. The van der Waals surface area contributed by atoms with Crippen molar-refractivity contribution in [3.05, 3.63) is 17.8 Å². The standard InChI is InChI=1S/C13H21F3N4/c1-9(2)20(10(3)4)8-7-17-12-6-5-11(18-19-12)13(14,15)16/h5-6,9-10H,7-8H2,1-4H3,(H,17,19). The van der Waals surface area contributed by atoms with E-state index >= 15 is 0 Å². The Labute approximate surface area is 117 Å². The van der Waals surface area contributed by atoms with E-state index in [1.165, 1.54) is 6.07 Å². The summed E-state index contributed by atoms with van der Waals surface area (Å²) in [5.41, 5.74) is -0.978. The summed E-state index contributed by atoms with van der Waals surface area (Å²) in [4.78, 5) is 2.28. The number of aromatic nitrogens is 2. The summed E-state index contributed by atoms with van der Waals surface area (Å²) in [5.74, 6) is 0.352. The van der Waals surface area contributed by atoms with Crippen LogP contribution in [0.15, 0.2) is 12.1 Å². The largest absolute Gasteiger partial charge is 0.435 e. The van der Waals surface area contributed by atoms with E-state index < -0.39 is 11.9 Å². The fourth-order valence-corrected chi connectivity index (χ4v) is 2.00. The maximum Gasteiger partial charge on any atom is 0.435 e. The SMILES string of the molecule is CC(C)N(CCNc1ccc(C(F)(F)F)nn1)C(C)C. The van der Waals surface area contributed by atoms with Crippen molar-refractivity contribution in [2.24, 2.45) is 0 Å². The van der Waals surface area contributed by atoms with Crippen LogP contribution in [0.25, 0.3) is 0 Å². The highest BCUT2D eigenvalue weighted by Gasteiger charge is 2.32. The van der Waals surface area contributed by atoms with Crippen LogP contribution in [0.3, 0.4) is 0 Å². The number of hydrogen-bond acceptors (Lipinski definition) is 4. The number of anilines is 1. The summed E-state index contributed by atoms with van der Waals surface area (Å²) >= 11 is 0. The number of nitrogens with zero attached hydrogens (tertiary/aromatic N) is 3. The van der Waals surface area contributed by atoms with Gasteiger partial charge >= 0.3 is 6.18 Å². The van der Waals surface area contributed by atoms with Gasteiger partial charge in [-0.15, -0.1) is 10.2 Å². The van der Waals surface area contributed by atoms with E-state index in [0.717, 1.165) is 12.6 Å². The van der Waals surface area contributed by atoms with E-state index in [4.69, 9.17) is 0 Å². The van der Waals surface area contributed by atoms with Crippen molar-refractivity contribution in [1.82, 2.24) is 15.1 Å². The molecule has 1 aromatic heterocycles. The Morgan fingerprint density at radius 3 is 2.10 bits per heavy atom. The zero-order valence-corrected chi connectivity index (χ0v) is 12.2. The maximum absolute atomic E-state index is 12.3. The van der Waals surface area contributed by atoms with Crippen molar-refractivity contribution >= 4 is 5.82 Å². The van der Waals surface area contributed by atoms with Gasteiger partial charge in [-0.25, -0.2) is 0 Å². The predicted octanol–water partition coefficient (Wildman–Crippen LogP) is 3.03. The van der Waals surface area contributed by atoms with E-state index in [9.17, 15) is 13.2 Å². The van der Waals surface area contributed by atoms with Gasteiger partial charge in [0.25, 0.3) is 0 Å². The number of rotatable bonds is 6. The van der Waals surface area contributed by atoms with Crippen LogP contribution in [0.2, 0.25) is 0 Å². The number of hydrogen-bond donors (Lipinski definition) is 1. The third kappa shape index (κ3) is 4.96. The molecule has 0 amide bonds. The first kappa shape index (κ1) is 16.7. The van der Waals surface area contributed by atoms with Gasteiger partial charge in [0, 0.05) is 25.2 Å². The highest BCUT2D eigenvalue weighted by Crippen LogP contribution is 2.26. The third-order valence-electron chi connectivity index (χ3n) is 2.96. The highest BCUT2D eigenvalue weighted by atomic mass is 19.4. The highest BCUT2D eigenvalue weighted by molar-refractivity contribution is 5.33. The maximum atomic E-state index is 12.3. The lowest BCUT2D eigenvalue weighted by Crippen LogP contribution is -2.40. The van der Waals surface area contributed by atoms with Gasteiger partial charge < -0.3 is 5.32 Å². The van der Waals surface area contributed by atoms with E-state index in [2.05, 4.69) is 48.1 Å². The molecule has 4 nitrogen and oxygen atoms in total. The third-order valence-corrected chi connectivity index (χ3v) is 2.96. The van der Waals surface area contributed by atoms with E-state index in [-0.39, 0.29) is 0 Å². The number of halogens is 3. The molecular formula is C13H21F3N4. The fraction of sp³-hybridized carbons (Fsp3) is 0.692. The van der Waals surface area contributed by atoms with Crippen LogP contribution in [-0.4, -0.2) is 40.3 Å². The van der Waals surface area contributed by atoms with E-state index in [1.54, 1.807) is 0 Å². The molecule has 0 spiro atoms. The summed E-state index contributed by atoms with van der Waals surface area (Å²) in [6.45, 7) is 9.83. The Hall–Kier alpha value is -1.37. The average Bonchev–Trinajstić information content (AvgIpc) is 2.33. The quantitative estimate of drug-likeness (QED) is 0.874. The minimum absolute atomic E-state index is 0.352. The number of alkyl halides is 3. The van der Waals surface area contributed by atoms with Crippen molar-refractivity contribution in [3.8, 4) is 0 Å². The second kappa shape index (κ2) is 6.88. The van der Waals surface area contributed by atoms with Crippen LogP contribution in [0, 0.1) is 0 Å². The molecular weight excluding hydrogens is 269 g/mol. The molecule has 0 aliphatic carbocycles. The van der Waals surface area contributed by atoms with Crippen LogP contribution >= 0.6 is 0 Å². The molecule has 1 N–H and O–H groups in total. The van der Waals surface area contributed by atoms with Crippen molar-refractivity contribution in [3.63, 3.8) is 0 Å². The second-order valence-corrected chi connectivity index (χ2v) is 5.15. The van der Waals surface area contributed by atoms with Crippen LogP contribution in [0.5, 0.6) is 0 Å². The Morgan fingerprint density at radius 2 is 1.70 bits per heavy atom. The minimum atomic E-state index is -4.45. The van der Waals surface area contributed by atoms with Gasteiger partial charge in [-0.2, -0.15) is 13.2 Å². The first-order chi connectivity index (χ1) is 9.21. The molecule has 0 aromatic carbocycles. The smallest absolute Gasteiger partial charge is 0.367 e. The first-order valence-electron chi connectivity index (χ1n) is 6.62. The Balaban J connectivity index is 2.50. The van der Waals surface area contributed by atoms with Gasteiger partial charge in [-0.05, 0) is 39.8 Å². The Kier molecular flexibility index (Phi) is 5.74. The van der Waals surface area contributed by atoms with Gasteiger partial charge in [-0.1, -0.05) is 0 Å². The molecule has 0 saturated carbocycles. The van der Waals surface area contributed by atoms with Gasteiger partial charge in [0.15, 0.2) is 5.69 Å². The minimum Gasteiger partial charge on any atom is -0.367 e. The monoisotopic (exact) mass is 290 g/mol. The summed E-state index contributed by atoms with van der Waals surface area (Å²) in [7, 11) is 0. The van der Waals surface area contributed by atoms with Crippen LogP contribution in [0.4, 0.5) is 19.0 Å². The molecule has 0 saturated heterocycles. The molecule has 0 atom stereocenters. The second-order valence-electron chi connectivity index (χ2n) is 5.15. The van der Waals surface area contributed by atoms with E-state index in [0.29, 0.717) is 24.4 Å². The summed E-state index contributed by atoms with van der Waals surface area (Å²) in [6.07, 6.45) is -4.45. The lowest BCUT2D eigenvalue weighted by Gasteiger charge is -2.30. The molecule has 0 radical (unpaired) electrons. The molecule has 1 heterocycles. The zero-order chi connectivity index (χ0) is 15.3. The molecule has 0 unspecified atom stereocenters. The zero-order valence-electron chi connectivity index (χ0n) is 12.2. The summed E-state index contributed by atoms with van der Waals surface area (Å²) in [6, 6.07) is 3.05. The predicted molar refractivity (Wildman–Crippen MR) is 72.5 cm³/mol. The molecule has 0 aliphatic heterocycles. The van der Waals surface area contributed by atoms with Crippen LogP contribution in [0.1, 0.15) is 33.4 Å². The van der Waals surface area contributed by atoms with Gasteiger partial charge in [0.1, 0.15) is 5.82 Å². The average molecular weight is 290 g/mol. The molecule has 0 fully saturated rings. The lowest BCUT2D eigenvalue weighted by molar-refractivity contribution is -0.141. The van der Waals surface area contributed by atoms with Crippen LogP contribution < -0.4 is 5.32 Å². The van der Waals surface area contributed by atoms with Crippen molar-refractivity contribution in [1.29, 1.82) is 0 Å².